The van der Waals surface area contributed by atoms with Gasteiger partial charge in [-0.1, -0.05) is 19.3 Å². The summed E-state index contributed by atoms with van der Waals surface area (Å²) < 4.78 is 0. The standard InChI is InChI=1S/C18H34N4O/c19-9-14-11-22(12-15(14)10-20)17-7-6-16(8-17)21-18(23)13-4-2-1-3-5-13/h13-17H,1-12,19-20H2,(H,21,23)/t14-,15+,16-,17+/m0/s1. The van der Waals surface area contributed by atoms with E-state index >= 15 is 0 Å². The van der Waals surface area contributed by atoms with Gasteiger partial charge in [-0.2, -0.15) is 0 Å². The van der Waals surface area contributed by atoms with Crippen molar-refractivity contribution in [1.82, 2.24) is 10.2 Å². The number of nitrogens with zero attached hydrogens (tertiary/aromatic N) is 1. The highest BCUT2D eigenvalue weighted by molar-refractivity contribution is 5.79. The van der Waals surface area contributed by atoms with Gasteiger partial charge < -0.3 is 16.8 Å². The first-order valence-electron chi connectivity index (χ1n) is 9.65. The van der Waals surface area contributed by atoms with Crippen molar-refractivity contribution in [2.24, 2.45) is 29.2 Å². The third kappa shape index (κ3) is 4.06. The second-order valence-electron chi connectivity index (χ2n) is 7.95. The molecule has 5 nitrogen and oxygen atoms in total. The third-order valence-corrected chi connectivity index (χ3v) is 6.45. The van der Waals surface area contributed by atoms with Gasteiger partial charge in [-0.25, -0.2) is 0 Å². The number of amides is 1. The number of carbonyl (C=O) groups is 1. The predicted octanol–water partition coefficient (Wildman–Crippen LogP) is 1.07. The Kier molecular flexibility index (Phi) is 5.94. The Morgan fingerprint density at radius 3 is 2.22 bits per heavy atom. The lowest BCUT2D eigenvalue weighted by Crippen LogP contribution is -2.40. The molecule has 0 radical (unpaired) electrons. The molecule has 1 saturated heterocycles. The van der Waals surface area contributed by atoms with Crippen molar-refractivity contribution in [2.75, 3.05) is 26.2 Å². The number of likely N-dealkylation sites (tertiary alicyclic amines) is 1. The third-order valence-electron chi connectivity index (χ3n) is 6.45. The summed E-state index contributed by atoms with van der Waals surface area (Å²) in [7, 11) is 0. The fourth-order valence-corrected chi connectivity index (χ4v) is 4.91. The maximum Gasteiger partial charge on any atom is 0.223 e. The van der Waals surface area contributed by atoms with Gasteiger partial charge in [-0.15, -0.1) is 0 Å². The SMILES string of the molecule is NC[C@@H]1CN([C@@H]2CC[C@H](NC(=O)C3CCCCC3)C2)C[C@@H]1CN. The highest BCUT2D eigenvalue weighted by atomic mass is 16.1. The van der Waals surface area contributed by atoms with E-state index in [0.29, 0.717) is 29.8 Å². The molecule has 0 spiro atoms. The average Bonchev–Trinajstić information content (AvgIpc) is 3.21. The smallest absolute Gasteiger partial charge is 0.223 e. The minimum Gasteiger partial charge on any atom is -0.353 e. The summed E-state index contributed by atoms with van der Waals surface area (Å²) in [6.45, 7) is 3.67. The molecule has 1 aliphatic heterocycles. The van der Waals surface area contributed by atoms with E-state index in [1.165, 1.54) is 25.7 Å². The predicted molar refractivity (Wildman–Crippen MR) is 92.8 cm³/mol. The molecule has 1 heterocycles. The van der Waals surface area contributed by atoms with Gasteiger partial charge in [0.05, 0.1) is 0 Å². The van der Waals surface area contributed by atoms with Gasteiger partial charge >= 0.3 is 0 Å². The van der Waals surface area contributed by atoms with Crippen LogP contribution in [0.4, 0.5) is 0 Å². The first-order chi connectivity index (χ1) is 11.2. The van der Waals surface area contributed by atoms with Crippen molar-refractivity contribution in [3.8, 4) is 0 Å². The van der Waals surface area contributed by atoms with Gasteiger partial charge in [-0.05, 0) is 57.0 Å². The largest absolute Gasteiger partial charge is 0.353 e. The molecule has 5 N–H and O–H groups in total. The summed E-state index contributed by atoms with van der Waals surface area (Å²) in [4.78, 5) is 15.0. The molecule has 3 fully saturated rings. The lowest BCUT2D eigenvalue weighted by molar-refractivity contribution is -0.126. The molecule has 2 aliphatic carbocycles. The van der Waals surface area contributed by atoms with Crippen LogP contribution in [0.15, 0.2) is 0 Å². The Hall–Kier alpha value is -0.650. The van der Waals surface area contributed by atoms with Crippen LogP contribution in [-0.4, -0.2) is 49.1 Å². The second kappa shape index (κ2) is 7.95. The van der Waals surface area contributed by atoms with Crippen molar-refractivity contribution in [1.29, 1.82) is 0 Å². The van der Waals surface area contributed by atoms with Crippen LogP contribution < -0.4 is 16.8 Å². The van der Waals surface area contributed by atoms with Crippen LogP contribution in [0.2, 0.25) is 0 Å². The average molecular weight is 322 g/mol. The zero-order valence-corrected chi connectivity index (χ0v) is 14.4. The fourth-order valence-electron chi connectivity index (χ4n) is 4.91. The molecule has 5 heteroatoms. The van der Waals surface area contributed by atoms with Crippen molar-refractivity contribution >= 4 is 5.91 Å². The molecule has 23 heavy (non-hydrogen) atoms. The van der Waals surface area contributed by atoms with Crippen molar-refractivity contribution in [2.45, 2.75) is 63.5 Å². The molecule has 0 aromatic carbocycles. The van der Waals surface area contributed by atoms with E-state index in [4.69, 9.17) is 11.5 Å². The topological polar surface area (TPSA) is 84.4 Å². The van der Waals surface area contributed by atoms with E-state index in [2.05, 4.69) is 10.2 Å². The quantitative estimate of drug-likeness (QED) is 0.707. The maximum atomic E-state index is 12.4. The van der Waals surface area contributed by atoms with Gasteiger partial charge in [0.15, 0.2) is 0 Å². The normalized spacial score (nSPS) is 36.4. The first-order valence-corrected chi connectivity index (χ1v) is 9.65. The van der Waals surface area contributed by atoms with E-state index in [1.807, 2.05) is 0 Å². The molecule has 3 rings (SSSR count). The lowest BCUT2D eigenvalue weighted by atomic mass is 9.88. The van der Waals surface area contributed by atoms with Crippen LogP contribution in [0, 0.1) is 17.8 Å². The van der Waals surface area contributed by atoms with Crippen LogP contribution in [0.25, 0.3) is 0 Å². The summed E-state index contributed by atoms with van der Waals surface area (Å²) in [5.74, 6) is 1.70. The molecule has 0 bridgehead atoms. The molecule has 132 valence electrons. The Labute approximate surface area is 140 Å². The lowest BCUT2D eigenvalue weighted by Gasteiger charge is -2.25. The monoisotopic (exact) mass is 322 g/mol. The summed E-state index contributed by atoms with van der Waals surface area (Å²) in [5.41, 5.74) is 11.8. The van der Waals surface area contributed by atoms with E-state index in [9.17, 15) is 4.79 Å². The summed E-state index contributed by atoms with van der Waals surface area (Å²) >= 11 is 0. The van der Waals surface area contributed by atoms with Gasteiger partial charge in [0.2, 0.25) is 5.91 Å². The Morgan fingerprint density at radius 1 is 0.957 bits per heavy atom. The zero-order chi connectivity index (χ0) is 16.2. The Morgan fingerprint density at radius 2 is 1.61 bits per heavy atom. The molecule has 2 saturated carbocycles. The van der Waals surface area contributed by atoms with Crippen LogP contribution in [-0.2, 0) is 4.79 Å². The Bertz CT molecular complexity index is 384. The number of hydrogen-bond acceptors (Lipinski definition) is 4. The molecule has 3 aliphatic rings. The van der Waals surface area contributed by atoms with Gasteiger partial charge in [0.1, 0.15) is 0 Å². The van der Waals surface area contributed by atoms with E-state index in [1.54, 1.807) is 0 Å². The zero-order valence-electron chi connectivity index (χ0n) is 14.4. The minimum atomic E-state index is 0.276. The Balaban J connectivity index is 1.46. The maximum absolute atomic E-state index is 12.4. The summed E-state index contributed by atoms with van der Waals surface area (Å²) in [5, 5.41) is 3.34. The molecule has 0 unspecified atom stereocenters. The molecule has 0 aromatic rings. The van der Waals surface area contributed by atoms with E-state index in [-0.39, 0.29) is 5.92 Å². The van der Waals surface area contributed by atoms with Crippen LogP contribution in [0.3, 0.4) is 0 Å². The molecule has 4 atom stereocenters. The number of nitrogens with one attached hydrogen (secondary N) is 1. The number of carbonyl (C=O) groups excluding carboxylic acids is 1. The molecule has 1 amide bonds. The fraction of sp³-hybridized carbons (Fsp3) is 0.944. The number of hydrogen-bond donors (Lipinski definition) is 3. The van der Waals surface area contributed by atoms with Crippen LogP contribution >= 0.6 is 0 Å². The van der Waals surface area contributed by atoms with Crippen molar-refractivity contribution < 1.29 is 4.79 Å². The number of nitrogens with two attached hydrogens (primary N) is 2. The summed E-state index contributed by atoms with van der Waals surface area (Å²) in [6.07, 6.45) is 9.35. The van der Waals surface area contributed by atoms with Crippen LogP contribution in [0.5, 0.6) is 0 Å². The summed E-state index contributed by atoms with van der Waals surface area (Å²) in [6, 6.07) is 0.986. The molecular weight excluding hydrogens is 288 g/mol. The number of rotatable bonds is 5. The second-order valence-corrected chi connectivity index (χ2v) is 7.95. The minimum absolute atomic E-state index is 0.276. The highest BCUT2D eigenvalue weighted by Crippen LogP contribution is 2.32. The van der Waals surface area contributed by atoms with E-state index < -0.39 is 0 Å². The molecular formula is C18H34N4O. The van der Waals surface area contributed by atoms with E-state index in [0.717, 1.165) is 51.9 Å². The van der Waals surface area contributed by atoms with Gasteiger partial charge in [0, 0.05) is 31.1 Å². The van der Waals surface area contributed by atoms with Crippen molar-refractivity contribution in [3.05, 3.63) is 0 Å². The highest BCUT2D eigenvalue weighted by Gasteiger charge is 2.38. The van der Waals surface area contributed by atoms with Gasteiger partial charge in [-0.3, -0.25) is 9.69 Å². The van der Waals surface area contributed by atoms with Crippen LogP contribution in [0.1, 0.15) is 51.4 Å². The first kappa shape index (κ1) is 17.2. The van der Waals surface area contributed by atoms with Gasteiger partial charge in [0.25, 0.3) is 0 Å². The molecule has 0 aromatic heterocycles. The van der Waals surface area contributed by atoms with Crippen molar-refractivity contribution in [3.63, 3.8) is 0 Å².